The third kappa shape index (κ3) is 3.19. The molecule has 1 saturated carbocycles. The minimum absolute atomic E-state index is 0.0180. The first kappa shape index (κ1) is 15.5. The van der Waals surface area contributed by atoms with E-state index in [1.807, 2.05) is 6.07 Å². The number of carboxylic acids is 1. The Morgan fingerprint density at radius 1 is 1.39 bits per heavy atom. The van der Waals surface area contributed by atoms with Crippen molar-refractivity contribution in [3.63, 3.8) is 0 Å². The van der Waals surface area contributed by atoms with Gasteiger partial charge in [0.2, 0.25) is 5.82 Å². The van der Waals surface area contributed by atoms with Crippen LogP contribution in [0.25, 0.3) is 5.69 Å². The van der Waals surface area contributed by atoms with Crippen molar-refractivity contribution in [2.75, 3.05) is 6.54 Å². The van der Waals surface area contributed by atoms with Crippen LogP contribution in [0, 0.1) is 6.92 Å². The lowest BCUT2D eigenvalue weighted by Gasteiger charge is -2.18. The van der Waals surface area contributed by atoms with Crippen LogP contribution in [0.2, 0.25) is 5.02 Å². The first-order chi connectivity index (χ1) is 11.0. The minimum Gasteiger partial charge on any atom is -0.480 e. The van der Waals surface area contributed by atoms with Gasteiger partial charge in [0.15, 0.2) is 0 Å². The number of benzene rings is 1. The summed E-state index contributed by atoms with van der Waals surface area (Å²) in [6.07, 6.45) is 1.62. The van der Waals surface area contributed by atoms with Crippen LogP contribution in [-0.4, -0.2) is 49.2 Å². The largest absolute Gasteiger partial charge is 0.480 e. The number of nitrogens with zero attached hydrogens (tertiary/aromatic N) is 4. The number of aromatic nitrogens is 3. The molecular weight excluding hydrogens is 320 g/mol. The van der Waals surface area contributed by atoms with Gasteiger partial charge in [0.05, 0.1) is 10.7 Å². The Balaban J connectivity index is 1.92. The number of carbonyl (C=O) groups excluding carboxylic acids is 1. The van der Waals surface area contributed by atoms with Gasteiger partial charge >= 0.3 is 5.97 Å². The minimum atomic E-state index is -1.05. The van der Waals surface area contributed by atoms with Crippen LogP contribution in [0.4, 0.5) is 0 Å². The Hall–Kier alpha value is -2.41. The maximum atomic E-state index is 12.5. The lowest BCUT2D eigenvalue weighted by atomic mass is 10.3. The second-order valence-electron chi connectivity index (χ2n) is 5.40. The van der Waals surface area contributed by atoms with Gasteiger partial charge in [-0.2, -0.15) is 0 Å². The second kappa shape index (κ2) is 6.00. The van der Waals surface area contributed by atoms with Crippen molar-refractivity contribution in [1.82, 2.24) is 19.7 Å². The van der Waals surface area contributed by atoms with Crippen molar-refractivity contribution in [2.24, 2.45) is 0 Å². The molecule has 0 spiro atoms. The van der Waals surface area contributed by atoms with E-state index in [1.165, 1.54) is 9.58 Å². The van der Waals surface area contributed by atoms with Gasteiger partial charge in [0.25, 0.3) is 5.91 Å². The first-order valence-electron chi connectivity index (χ1n) is 7.18. The number of rotatable bonds is 5. The van der Waals surface area contributed by atoms with E-state index in [9.17, 15) is 9.59 Å². The summed E-state index contributed by atoms with van der Waals surface area (Å²) in [4.78, 5) is 29.0. The average Bonchev–Trinajstić information content (AvgIpc) is 3.27. The van der Waals surface area contributed by atoms with Gasteiger partial charge in [0, 0.05) is 6.04 Å². The fourth-order valence-electron chi connectivity index (χ4n) is 2.36. The van der Waals surface area contributed by atoms with E-state index in [-0.39, 0.29) is 18.4 Å². The maximum Gasteiger partial charge on any atom is 0.323 e. The quantitative estimate of drug-likeness (QED) is 0.902. The molecule has 7 nitrogen and oxygen atoms in total. The molecule has 8 heteroatoms. The summed E-state index contributed by atoms with van der Waals surface area (Å²) in [5.41, 5.74) is 0.620. The zero-order chi connectivity index (χ0) is 16.6. The number of carboxylic acid groups (broad SMARTS) is 1. The maximum absolute atomic E-state index is 12.5. The van der Waals surface area contributed by atoms with Crippen LogP contribution in [0.1, 0.15) is 29.3 Å². The van der Waals surface area contributed by atoms with Crippen molar-refractivity contribution in [3.8, 4) is 5.69 Å². The number of para-hydroxylation sites is 1. The van der Waals surface area contributed by atoms with E-state index in [4.69, 9.17) is 16.7 Å². The van der Waals surface area contributed by atoms with Crippen LogP contribution in [0.3, 0.4) is 0 Å². The summed E-state index contributed by atoms with van der Waals surface area (Å²) in [6.45, 7) is 1.37. The molecule has 1 aromatic heterocycles. The summed E-state index contributed by atoms with van der Waals surface area (Å²) in [7, 11) is 0. The van der Waals surface area contributed by atoms with Crippen LogP contribution < -0.4 is 0 Å². The van der Waals surface area contributed by atoms with Gasteiger partial charge in [-0.05, 0) is 31.9 Å². The van der Waals surface area contributed by atoms with Gasteiger partial charge in [0.1, 0.15) is 12.4 Å². The molecule has 1 aliphatic carbocycles. The summed E-state index contributed by atoms with van der Waals surface area (Å²) < 4.78 is 1.49. The standard InChI is InChI=1S/C15H15ClN4O3/c1-9-17-14(15(23)19(8-13(21)22)10-6-7-10)18-20(9)12-5-3-2-4-11(12)16/h2-5,10H,6-8H2,1H3,(H,21,22). The molecule has 2 aromatic rings. The molecule has 1 amide bonds. The Morgan fingerprint density at radius 2 is 2.09 bits per heavy atom. The molecule has 1 heterocycles. The van der Waals surface area contributed by atoms with Crippen molar-refractivity contribution >= 4 is 23.5 Å². The van der Waals surface area contributed by atoms with Crippen LogP contribution in [-0.2, 0) is 4.79 Å². The van der Waals surface area contributed by atoms with E-state index in [0.717, 1.165) is 12.8 Å². The highest BCUT2D eigenvalue weighted by atomic mass is 35.5. The highest BCUT2D eigenvalue weighted by molar-refractivity contribution is 6.32. The molecule has 0 aliphatic heterocycles. The number of hydrogen-bond donors (Lipinski definition) is 1. The molecule has 1 aromatic carbocycles. The van der Waals surface area contributed by atoms with Crippen molar-refractivity contribution < 1.29 is 14.7 Å². The van der Waals surface area contributed by atoms with Gasteiger partial charge in [-0.15, -0.1) is 5.10 Å². The van der Waals surface area contributed by atoms with Crippen molar-refractivity contribution in [3.05, 3.63) is 40.9 Å². The third-order valence-electron chi connectivity index (χ3n) is 3.59. The predicted molar refractivity (Wildman–Crippen MR) is 82.8 cm³/mol. The van der Waals surface area contributed by atoms with E-state index in [2.05, 4.69) is 10.1 Å². The molecule has 1 aliphatic rings. The summed E-state index contributed by atoms with van der Waals surface area (Å²) in [5.74, 6) is -1.03. The van der Waals surface area contributed by atoms with E-state index < -0.39 is 11.9 Å². The monoisotopic (exact) mass is 334 g/mol. The van der Waals surface area contributed by atoms with Gasteiger partial charge < -0.3 is 10.0 Å². The van der Waals surface area contributed by atoms with Gasteiger partial charge in [-0.3, -0.25) is 9.59 Å². The Bertz CT molecular complexity index is 770. The third-order valence-corrected chi connectivity index (χ3v) is 3.91. The fourth-order valence-corrected chi connectivity index (χ4v) is 2.58. The van der Waals surface area contributed by atoms with Gasteiger partial charge in [-0.25, -0.2) is 9.67 Å². The lowest BCUT2D eigenvalue weighted by Crippen LogP contribution is -2.38. The number of halogens is 1. The number of hydrogen-bond acceptors (Lipinski definition) is 4. The highest BCUT2D eigenvalue weighted by Crippen LogP contribution is 2.28. The smallest absolute Gasteiger partial charge is 0.323 e. The molecule has 0 radical (unpaired) electrons. The number of carbonyl (C=O) groups is 2. The number of amides is 1. The van der Waals surface area contributed by atoms with Crippen molar-refractivity contribution in [2.45, 2.75) is 25.8 Å². The van der Waals surface area contributed by atoms with E-state index >= 15 is 0 Å². The Morgan fingerprint density at radius 3 is 2.70 bits per heavy atom. The molecule has 0 unspecified atom stereocenters. The molecule has 1 N–H and O–H groups in total. The molecule has 120 valence electrons. The van der Waals surface area contributed by atoms with Crippen LogP contribution in [0.15, 0.2) is 24.3 Å². The predicted octanol–water partition coefficient (Wildman–Crippen LogP) is 1.92. The summed E-state index contributed by atoms with van der Waals surface area (Å²) in [5, 5.41) is 13.7. The first-order valence-corrected chi connectivity index (χ1v) is 7.56. The molecular formula is C15H15ClN4O3. The zero-order valence-electron chi connectivity index (χ0n) is 12.4. The topological polar surface area (TPSA) is 88.3 Å². The number of aryl methyl sites for hydroxylation is 1. The SMILES string of the molecule is Cc1nc(C(=O)N(CC(=O)O)C2CC2)nn1-c1ccccc1Cl. The van der Waals surface area contributed by atoms with Crippen LogP contribution in [0.5, 0.6) is 0 Å². The van der Waals surface area contributed by atoms with E-state index in [1.54, 1.807) is 25.1 Å². The van der Waals surface area contributed by atoms with Crippen LogP contribution >= 0.6 is 11.6 Å². The highest BCUT2D eigenvalue weighted by Gasteiger charge is 2.36. The normalized spacial score (nSPS) is 13.8. The fraction of sp³-hybridized carbons (Fsp3) is 0.333. The molecule has 3 rings (SSSR count). The Kier molecular flexibility index (Phi) is 4.04. The number of aliphatic carboxylic acids is 1. The molecule has 0 atom stereocenters. The lowest BCUT2D eigenvalue weighted by molar-refractivity contribution is -0.137. The van der Waals surface area contributed by atoms with Gasteiger partial charge in [-0.1, -0.05) is 23.7 Å². The summed E-state index contributed by atoms with van der Waals surface area (Å²) in [6, 6.07) is 7.07. The molecule has 1 fully saturated rings. The second-order valence-corrected chi connectivity index (χ2v) is 5.81. The molecule has 0 bridgehead atoms. The molecule has 23 heavy (non-hydrogen) atoms. The van der Waals surface area contributed by atoms with Crippen molar-refractivity contribution in [1.29, 1.82) is 0 Å². The zero-order valence-corrected chi connectivity index (χ0v) is 13.2. The Labute approximate surface area is 137 Å². The molecule has 0 saturated heterocycles. The van der Waals surface area contributed by atoms with E-state index in [0.29, 0.717) is 16.5 Å². The summed E-state index contributed by atoms with van der Waals surface area (Å²) >= 11 is 6.15. The average molecular weight is 335 g/mol.